The number of aryl methyl sites for hydroxylation is 1. The van der Waals surface area contributed by atoms with E-state index in [0.717, 1.165) is 16.3 Å². The number of hydrogen-bond donors (Lipinski definition) is 2. The molecule has 0 saturated heterocycles. The number of aromatic nitrogens is 3. The number of nitrogens with zero attached hydrogens (tertiary/aromatic N) is 2. The average molecular weight is 270 g/mol. The molecule has 0 saturated carbocycles. The molecule has 0 fully saturated rings. The fourth-order valence-electron chi connectivity index (χ4n) is 1.33. The van der Waals surface area contributed by atoms with Crippen LogP contribution in [0, 0.1) is 6.92 Å². The quantitative estimate of drug-likeness (QED) is 0.899. The number of hydrogen-bond acceptors (Lipinski definition) is 4. The van der Waals surface area contributed by atoms with Crippen molar-refractivity contribution in [1.82, 2.24) is 15.2 Å². The molecule has 0 spiro atoms. The van der Waals surface area contributed by atoms with Gasteiger partial charge in [-0.25, -0.2) is 4.98 Å². The molecule has 0 amide bonds. The fourth-order valence-corrected chi connectivity index (χ4v) is 2.39. The molecule has 1 aromatic heterocycles. The third kappa shape index (κ3) is 3.00. The number of benzene rings is 1. The molecule has 1 heterocycles. The van der Waals surface area contributed by atoms with Crippen LogP contribution in [0.1, 0.15) is 24.4 Å². The zero-order valence-electron chi connectivity index (χ0n) is 9.44. The van der Waals surface area contributed by atoms with Gasteiger partial charge in [-0.05, 0) is 43.3 Å². The SMILES string of the molecule is Cc1nc(Sc2ccc(C(C)O)cc2Cl)n[nH]1. The molecule has 90 valence electrons. The molecular formula is C11H12ClN3OS. The molecule has 1 aromatic carbocycles. The highest BCUT2D eigenvalue weighted by atomic mass is 35.5. The van der Waals surface area contributed by atoms with Gasteiger partial charge in [0.1, 0.15) is 5.82 Å². The van der Waals surface area contributed by atoms with E-state index < -0.39 is 6.10 Å². The molecule has 4 nitrogen and oxygen atoms in total. The van der Waals surface area contributed by atoms with Crippen LogP contribution in [0.3, 0.4) is 0 Å². The Labute approximate surface area is 108 Å². The molecule has 2 N–H and O–H groups in total. The average Bonchev–Trinajstić information content (AvgIpc) is 2.67. The highest BCUT2D eigenvalue weighted by Crippen LogP contribution is 2.32. The van der Waals surface area contributed by atoms with E-state index in [4.69, 9.17) is 11.6 Å². The minimum atomic E-state index is -0.516. The van der Waals surface area contributed by atoms with Crippen molar-refractivity contribution in [2.45, 2.75) is 30.0 Å². The van der Waals surface area contributed by atoms with Crippen molar-refractivity contribution in [1.29, 1.82) is 0 Å². The second-order valence-corrected chi connectivity index (χ2v) is 5.09. The summed E-state index contributed by atoms with van der Waals surface area (Å²) in [5.74, 6) is 0.768. The monoisotopic (exact) mass is 269 g/mol. The molecular weight excluding hydrogens is 258 g/mol. The van der Waals surface area contributed by atoms with Gasteiger partial charge >= 0.3 is 0 Å². The Bertz CT molecular complexity index is 527. The third-order valence-corrected chi connectivity index (χ3v) is 3.58. The van der Waals surface area contributed by atoms with E-state index in [1.807, 2.05) is 19.1 Å². The van der Waals surface area contributed by atoms with Crippen LogP contribution in [-0.4, -0.2) is 20.3 Å². The fraction of sp³-hybridized carbons (Fsp3) is 0.273. The van der Waals surface area contributed by atoms with Crippen LogP contribution < -0.4 is 0 Å². The lowest BCUT2D eigenvalue weighted by molar-refractivity contribution is 0.199. The Morgan fingerprint density at radius 1 is 1.47 bits per heavy atom. The lowest BCUT2D eigenvalue weighted by atomic mass is 10.1. The van der Waals surface area contributed by atoms with E-state index in [-0.39, 0.29) is 0 Å². The van der Waals surface area contributed by atoms with Crippen molar-refractivity contribution in [3.8, 4) is 0 Å². The summed E-state index contributed by atoms with van der Waals surface area (Å²) < 4.78 is 0. The van der Waals surface area contributed by atoms with Gasteiger partial charge in [-0.15, -0.1) is 5.10 Å². The smallest absolute Gasteiger partial charge is 0.213 e. The van der Waals surface area contributed by atoms with Gasteiger partial charge < -0.3 is 5.11 Å². The number of aromatic amines is 1. The summed E-state index contributed by atoms with van der Waals surface area (Å²) in [7, 11) is 0. The van der Waals surface area contributed by atoms with Crippen molar-refractivity contribution in [2.24, 2.45) is 0 Å². The number of rotatable bonds is 3. The lowest BCUT2D eigenvalue weighted by Crippen LogP contribution is -1.90. The molecule has 17 heavy (non-hydrogen) atoms. The number of H-pyrrole nitrogens is 1. The lowest BCUT2D eigenvalue weighted by Gasteiger charge is -2.07. The Morgan fingerprint density at radius 2 is 2.24 bits per heavy atom. The van der Waals surface area contributed by atoms with Crippen LogP contribution in [-0.2, 0) is 0 Å². The third-order valence-electron chi connectivity index (χ3n) is 2.22. The first-order valence-electron chi connectivity index (χ1n) is 5.10. The standard InChI is InChI=1S/C11H12ClN3OS/c1-6(16)8-3-4-10(9(12)5-8)17-11-13-7(2)14-15-11/h3-6,16H,1-2H3,(H,13,14,15). The molecule has 6 heteroatoms. The Kier molecular flexibility index (Phi) is 3.71. The van der Waals surface area contributed by atoms with Crippen molar-refractivity contribution in [2.75, 3.05) is 0 Å². The maximum atomic E-state index is 9.44. The van der Waals surface area contributed by atoms with Gasteiger partial charge in [0.2, 0.25) is 5.16 Å². The predicted molar refractivity (Wildman–Crippen MR) is 67.3 cm³/mol. The maximum Gasteiger partial charge on any atom is 0.213 e. The molecule has 0 aliphatic rings. The molecule has 2 aromatic rings. The second-order valence-electron chi connectivity index (χ2n) is 3.67. The summed E-state index contributed by atoms with van der Waals surface area (Å²) in [5, 5.41) is 17.5. The zero-order chi connectivity index (χ0) is 12.4. The molecule has 2 rings (SSSR count). The van der Waals surface area contributed by atoms with Crippen LogP contribution in [0.15, 0.2) is 28.3 Å². The van der Waals surface area contributed by atoms with Crippen LogP contribution in [0.5, 0.6) is 0 Å². The minimum absolute atomic E-state index is 0.516. The van der Waals surface area contributed by atoms with Crippen LogP contribution in [0.4, 0.5) is 0 Å². The summed E-state index contributed by atoms with van der Waals surface area (Å²) in [5.41, 5.74) is 0.797. The molecule has 0 radical (unpaired) electrons. The summed E-state index contributed by atoms with van der Waals surface area (Å²) in [6.07, 6.45) is -0.516. The van der Waals surface area contributed by atoms with E-state index in [0.29, 0.717) is 10.2 Å². The first-order valence-corrected chi connectivity index (χ1v) is 6.30. The highest BCUT2D eigenvalue weighted by molar-refractivity contribution is 7.99. The molecule has 0 bridgehead atoms. The number of aliphatic hydroxyl groups is 1. The molecule has 1 unspecified atom stereocenters. The Hall–Kier alpha value is -1.04. The van der Waals surface area contributed by atoms with Crippen LogP contribution in [0.25, 0.3) is 0 Å². The Morgan fingerprint density at radius 3 is 2.76 bits per heavy atom. The van der Waals surface area contributed by atoms with Gasteiger partial charge in [-0.2, -0.15) is 0 Å². The van der Waals surface area contributed by atoms with Gasteiger partial charge in [0.25, 0.3) is 0 Å². The summed E-state index contributed by atoms with van der Waals surface area (Å²) in [4.78, 5) is 5.06. The Balaban J connectivity index is 2.22. The first-order chi connectivity index (χ1) is 8.06. The first kappa shape index (κ1) is 12.4. The normalized spacial score (nSPS) is 12.7. The minimum Gasteiger partial charge on any atom is -0.389 e. The van der Waals surface area contributed by atoms with Gasteiger partial charge in [-0.3, -0.25) is 5.10 Å². The van der Waals surface area contributed by atoms with Crippen molar-refractivity contribution in [3.05, 3.63) is 34.6 Å². The van der Waals surface area contributed by atoms with Crippen molar-refractivity contribution in [3.63, 3.8) is 0 Å². The van der Waals surface area contributed by atoms with Crippen LogP contribution >= 0.6 is 23.4 Å². The van der Waals surface area contributed by atoms with E-state index in [2.05, 4.69) is 15.2 Å². The number of nitrogens with one attached hydrogen (secondary N) is 1. The molecule has 0 aliphatic carbocycles. The number of aliphatic hydroxyl groups excluding tert-OH is 1. The van der Waals surface area contributed by atoms with E-state index in [9.17, 15) is 5.11 Å². The van der Waals surface area contributed by atoms with Crippen molar-refractivity contribution < 1.29 is 5.11 Å². The second kappa shape index (κ2) is 5.08. The van der Waals surface area contributed by atoms with Gasteiger partial charge in [-0.1, -0.05) is 17.7 Å². The van der Waals surface area contributed by atoms with Gasteiger partial charge in [0, 0.05) is 4.90 Å². The van der Waals surface area contributed by atoms with E-state index in [1.54, 1.807) is 13.0 Å². The number of halogens is 1. The van der Waals surface area contributed by atoms with Crippen molar-refractivity contribution >= 4 is 23.4 Å². The van der Waals surface area contributed by atoms with Crippen LogP contribution in [0.2, 0.25) is 5.02 Å². The topological polar surface area (TPSA) is 61.8 Å². The predicted octanol–water partition coefficient (Wildman–Crippen LogP) is 2.97. The molecule has 0 aliphatic heterocycles. The summed E-state index contributed by atoms with van der Waals surface area (Å²) in [6.45, 7) is 3.55. The van der Waals surface area contributed by atoms with E-state index in [1.165, 1.54) is 11.8 Å². The van der Waals surface area contributed by atoms with Gasteiger partial charge in [0.05, 0.1) is 11.1 Å². The zero-order valence-corrected chi connectivity index (χ0v) is 11.0. The highest BCUT2D eigenvalue weighted by Gasteiger charge is 2.09. The van der Waals surface area contributed by atoms with E-state index >= 15 is 0 Å². The van der Waals surface area contributed by atoms with Gasteiger partial charge in [0.15, 0.2) is 0 Å². The molecule has 1 atom stereocenters. The largest absolute Gasteiger partial charge is 0.389 e. The summed E-state index contributed by atoms with van der Waals surface area (Å²) >= 11 is 7.52. The maximum absolute atomic E-state index is 9.44. The summed E-state index contributed by atoms with van der Waals surface area (Å²) in [6, 6.07) is 5.47.